The number of benzene rings is 2. The van der Waals surface area contributed by atoms with Crippen molar-refractivity contribution >= 4 is 10.8 Å². The summed E-state index contributed by atoms with van der Waals surface area (Å²) in [7, 11) is 0. The van der Waals surface area contributed by atoms with E-state index in [1.54, 1.807) is 0 Å². The number of hydrogen-bond donors (Lipinski definition) is 1. The topological polar surface area (TPSA) is 21.3 Å². The number of fused-ring (bicyclic) bond motifs is 1. The lowest BCUT2D eigenvalue weighted by molar-refractivity contribution is 0.117. The first-order valence-electron chi connectivity index (χ1n) is 8.12. The largest absolute Gasteiger partial charge is 0.378 e. The van der Waals surface area contributed by atoms with Crippen LogP contribution in [0.5, 0.6) is 0 Å². The van der Waals surface area contributed by atoms with Crippen LogP contribution < -0.4 is 5.32 Å². The van der Waals surface area contributed by atoms with Crippen LogP contribution >= 0.6 is 0 Å². The summed E-state index contributed by atoms with van der Waals surface area (Å²) < 4.78 is 5.82. The average Bonchev–Trinajstić information content (AvgIpc) is 2.94. The Morgan fingerprint density at radius 3 is 2.76 bits per heavy atom. The Hall–Kier alpha value is -1.38. The van der Waals surface area contributed by atoms with Crippen molar-refractivity contribution in [1.82, 2.24) is 5.32 Å². The van der Waals surface area contributed by atoms with E-state index in [2.05, 4.69) is 61.6 Å². The molecule has 1 aliphatic rings. The predicted octanol–water partition coefficient (Wildman–Crippen LogP) is 4.31. The first-order chi connectivity index (χ1) is 10.3. The van der Waals surface area contributed by atoms with Gasteiger partial charge in [-0.3, -0.25) is 0 Å². The van der Waals surface area contributed by atoms with Crippen molar-refractivity contribution in [3.8, 4) is 0 Å². The molecule has 0 aliphatic carbocycles. The van der Waals surface area contributed by atoms with Gasteiger partial charge < -0.3 is 10.1 Å². The molecule has 0 amide bonds. The molecule has 0 aromatic heterocycles. The fourth-order valence-electron chi connectivity index (χ4n) is 3.43. The minimum Gasteiger partial charge on any atom is -0.378 e. The number of nitrogens with one attached hydrogen (secondary N) is 1. The summed E-state index contributed by atoms with van der Waals surface area (Å²) in [6, 6.07) is 15.7. The maximum absolute atomic E-state index is 5.82. The van der Waals surface area contributed by atoms with E-state index in [0.717, 1.165) is 26.0 Å². The summed E-state index contributed by atoms with van der Waals surface area (Å²) in [5.74, 6) is 0.567. The summed E-state index contributed by atoms with van der Waals surface area (Å²) in [6.07, 6.45) is 2.69. The standard InChI is InChI=1S/C19H25NO/c1-3-11-20-19(16-12-14(2)21-13-16)18-10-6-8-15-7-4-5-9-17(15)18/h4-10,14,16,19-20H,3,11-13H2,1-2H3. The molecule has 2 aromatic carbocycles. The predicted molar refractivity (Wildman–Crippen MR) is 88.5 cm³/mol. The number of rotatable bonds is 5. The molecule has 1 fully saturated rings. The van der Waals surface area contributed by atoms with Gasteiger partial charge >= 0.3 is 0 Å². The van der Waals surface area contributed by atoms with Gasteiger partial charge in [0.15, 0.2) is 0 Å². The summed E-state index contributed by atoms with van der Waals surface area (Å²) in [5, 5.41) is 6.45. The van der Waals surface area contributed by atoms with E-state index >= 15 is 0 Å². The molecule has 0 spiro atoms. The number of ether oxygens (including phenoxy) is 1. The maximum Gasteiger partial charge on any atom is 0.0551 e. The zero-order valence-electron chi connectivity index (χ0n) is 13.0. The van der Waals surface area contributed by atoms with Crippen LogP contribution in [0.4, 0.5) is 0 Å². The quantitative estimate of drug-likeness (QED) is 0.883. The van der Waals surface area contributed by atoms with Crippen molar-refractivity contribution in [2.45, 2.75) is 38.8 Å². The monoisotopic (exact) mass is 283 g/mol. The average molecular weight is 283 g/mol. The van der Waals surface area contributed by atoms with Crippen LogP contribution in [0, 0.1) is 5.92 Å². The molecule has 21 heavy (non-hydrogen) atoms. The SMILES string of the molecule is CCCNC(c1cccc2ccccc12)C1COC(C)C1. The van der Waals surface area contributed by atoms with Crippen LogP contribution in [-0.4, -0.2) is 19.3 Å². The van der Waals surface area contributed by atoms with Crippen LogP contribution in [0.15, 0.2) is 42.5 Å². The van der Waals surface area contributed by atoms with Crippen LogP contribution in [0.1, 0.15) is 38.3 Å². The molecular weight excluding hydrogens is 258 g/mol. The molecule has 1 aliphatic heterocycles. The zero-order valence-corrected chi connectivity index (χ0v) is 13.0. The molecular formula is C19H25NO. The van der Waals surface area contributed by atoms with Crippen LogP contribution in [-0.2, 0) is 4.74 Å². The second-order valence-corrected chi connectivity index (χ2v) is 6.14. The van der Waals surface area contributed by atoms with Crippen molar-refractivity contribution < 1.29 is 4.74 Å². The first kappa shape index (κ1) is 14.6. The maximum atomic E-state index is 5.82. The van der Waals surface area contributed by atoms with E-state index in [1.807, 2.05) is 0 Å². The van der Waals surface area contributed by atoms with Gasteiger partial charge in [0.2, 0.25) is 0 Å². The highest BCUT2D eigenvalue weighted by Gasteiger charge is 2.30. The minimum absolute atomic E-state index is 0.385. The van der Waals surface area contributed by atoms with Crippen molar-refractivity contribution in [3.63, 3.8) is 0 Å². The Labute approximate surface area is 127 Å². The van der Waals surface area contributed by atoms with Gasteiger partial charge in [0.1, 0.15) is 0 Å². The third-order valence-electron chi connectivity index (χ3n) is 4.47. The lowest BCUT2D eigenvalue weighted by atomic mass is 9.88. The fourth-order valence-corrected chi connectivity index (χ4v) is 3.43. The lowest BCUT2D eigenvalue weighted by Gasteiger charge is -2.26. The third kappa shape index (κ3) is 3.12. The van der Waals surface area contributed by atoms with E-state index in [1.165, 1.54) is 16.3 Å². The normalized spacial score (nSPS) is 23.5. The molecule has 112 valence electrons. The molecule has 2 aromatic rings. The molecule has 1 N–H and O–H groups in total. The van der Waals surface area contributed by atoms with Gasteiger partial charge in [-0.25, -0.2) is 0 Å². The van der Waals surface area contributed by atoms with Gasteiger partial charge in [0, 0.05) is 12.0 Å². The molecule has 0 bridgehead atoms. The third-order valence-corrected chi connectivity index (χ3v) is 4.47. The van der Waals surface area contributed by atoms with E-state index in [9.17, 15) is 0 Å². The molecule has 0 radical (unpaired) electrons. The van der Waals surface area contributed by atoms with Gasteiger partial charge in [-0.05, 0) is 42.6 Å². The molecule has 2 nitrogen and oxygen atoms in total. The summed E-state index contributed by atoms with van der Waals surface area (Å²) in [6.45, 7) is 6.32. The van der Waals surface area contributed by atoms with Crippen molar-refractivity contribution in [2.24, 2.45) is 5.92 Å². The highest BCUT2D eigenvalue weighted by atomic mass is 16.5. The Kier molecular flexibility index (Phi) is 4.57. The highest BCUT2D eigenvalue weighted by Crippen LogP contribution is 2.35. The van der Waals surface area contributed by atoms with Gasteiger partial charge in [-0.15, -0.1) is 0 Å². The Bertz CT molecular complexity index is 590. The van der Waals surface area contributed by atoms with Crippen LogP contribution in [0.2, 0.25) is 0 Å². The van der Waals surface area contributed by atoms with Gasteiger partial charge in [0.05, 0.1) is 12.7 Å². The van der Waals surface area contributed by atoms with E-state index in [0.29, 0.717) is 18.1 Å². The second kappa shape index (κ2) is 6.59. The molecule has 1 heterocycles. The van der Waals surface area contributed by atoms with Crippen molar-refractivity contribution in [3.05, 3.63) is 48.0 Å². The van der Waals surface area contributed by atoms with E-state index in [4.69, 9.17) is 4.74 Å². The van der Waals surface area contributed by atoms with Gasteiger partial charge in [0.25, 0.3) is 0 Å². The lowest BCUT2D eigenvalue weighted by Crippen LogP contribution is -2.29. The van der Waals surface area contributed by atoms with E-state index < -0.39 is 0 Å². The molecule has 0 saturated carbocycles. The minimum atomic E-state index is 0.385. The molecule has 1 saturated heterocycles. The smallest absolute Gasteiger partial charge is 0.0551 e. The summed E-state index contributed by atoms with van der Waals surface area (Å²) in [5.41, 5.74) is 1.42. The Balaban J connectivity index is 1.97. The van der Waals surface area contributed by atoms with Crippen LogP contribution in [0.3, 0.4) is 0 Å². The Morgan fingerprint density at radius 2 is 2.00 bits per heavy atom. The fraction of sp³-hybridized carbons (Fsp3) is 0.474. The van der Waals surface area contributed by atoms with Gasteiger partial charge in [-0.2, -0.15) is 0 Å². The summed E-state index contributed by atoms with van der Waals surface area (Å²) in [4.78, 5) is 0. The number of hydrogen-bond acceptors (Lipinski definition) is 2. The zero-order chi connectivity index (χ0) is 14.7. The molecule has 3 unspecified atom stereocenters. The van der Waals surface area contributed by atoms with Crippen molar-refractivity contribution in [2.75, 3.05) is 13.2 Å². The van der Waals surface area contributed by atoms with E-state index in [-0.39, 0.29) is 0 Å². The molecule has 3 atom stereocenters. The summed E-state index contributed by atoms with van der Waals surface area (Å²) >= 11 is 0. The van der Waals surface area contributed by atoms with Gasteiger partial charge in [-0.1, -0.05) is 49.4 Å². The molecule has 2 heteroatoms. The van der Waals surface area contributed by atoms with Crippen molar-refractivity contribution in [1.29, 1.82) is 0 Å². The van der Waals surface area contributed by atoms with Crippen LogP contribution in [0.25, 0.3) is 10.8 Å². The first-order valence-corrected chi connectivity index (χ1v) is 8.12. The Morgan fingerprint density at radius 1 is 1.19 bits per heavy atom. The highest BCUT2D eigenvalue weighted by molar-refractivity contribution is 5.86. The molecule has 3 rings (SSSR count). The second-order valence-electron chi connectivity index (χ2n) is 6.14.